The maximum atomic E-state index is 9.00. The molecule has 0 saturated carbocycles. The first kappa shape index (κ1) is 56.2. The van der Waals surface area contributed by atoms with Crippen molar-refractivity contribution >= 4 is 61.6 Å². The minimum atomic E-state index is -0.833. The third-order valence-electron chi connectivity index (χ3n) is 0.167. The van der Waals surface area contributed by atoms with Crippen LogP contribution in [0.15, 0.2) is 0 Å². The van der Waals surface area contributed by atoms with Crippen LogP contribution in [-0.4, -0.2) is 95.1 Å². The summed E-state index contributed by atoms with van der Waals surface area (Å²) in [6, 6.07) is 0. The van der Waals surface area contributed by atoms with Gasteiger partial charge in [-0.3, -0.25) is 19.2 Å². The standard InChI is InChI=1S/C2H8N2.4C2H4O2.Ca.Ce.Co.Sm.2H/c3-1-2-4;4*1-2(3)4;;;;;;/h1-4H2;4*1H3,(H,3,4);;;;;;. The van der Waals surface area contributed by atoms with E-state index in [-0.39, 0.29) is 137 Å². The fourth-order valence-electron chi connectivity index (χ4n) is 0. The number of hydrogen-bond donors (Lipinski definition) is 6. The Balaban J connectivity index is -0.0000000161. The van der Waals surface area contributed by atoms with Crippen LogP contribution >= 0.6 is 0 Å². The van der Waals surface area contributed by atoms with Crippen molar-refractivity contribution in [2.45, 2.75) is 27.7 Å². The van der Waals surface area contributed by atoms with Crippen LogP contribution in [0.2, 0.25) is 0 Å². The molecule has 1 radical (unpaired) electrons. The van der Waals surface area contributed by atoms with Crippen LogP contribution in [0.3, 0.4) is 0 Å². The Hall–Kier alpha value is 2.28. The topological polar surface area (TPSA) is 201 Å². The fraction of sp³-hybridized carbons (Fsp3) is 0.600. The molecule has 14 heteroatoms. The normalized spacial score (nSPS) is 5.42. The number of carbonyl (C=O) groups is 4. The number of nitrogens with two attached hydrogens (primary N) is 2. The molecule has 10 nitrogen and oxygen atoms in total. The Morgan fingerprint density at radius 3 is 0.708 bits per heavy atom. The van der Waals surface area contributed by atoms with Crippen molar-refractivity contribution in [1.29, 1.82) is 0 Å². The van der Waals surface area contributed by atoms with E-state index in [1.54, 1.807) is 0 Å². The molecule has 0 unspecified atom stereocenters. The molecule has 0 atom stereocenters. The van der Waals surface area contributed by atoms with Crippen molar-refractivity contribution in [2.75, 3.05) is 13.1 Å². The summed E-state index contributed by atoms with van der Waals surface area (Å²) in [5.74, 6) is -3.33. The molecular formula is C10H26CaCeCoN2O8Sm. The molecule has 0 aliphatic rings. The molecule has 0 aliphatic heterocycles. The number of carboxylic acids is 4. The number of rotatable bonds is 1. The first-order chi connectivity index (χ1) is 8.84. The predicted molar refractivity (Wildman–Crippen MR) is 79.9 cm³/mol. The summed E-state index contributed by atoms with van der Waals surface area (Å²) in [6.45, 7) is 5.53. The Morgan fingerprint density at radius 2 is 0.708 bits per heavy atom. The number of carboxylic acid groups (broad SMARTS) is 4. The van der Waals surface area contributed by atoms with Gasteiger partial charge in [0.15, 0.2) is 0 Å². The van der Waals surface area contributed by atoms with E-state index in [1.165, 1.54) is 0 Å². The summed E-state index contributed by atoms with van der Waals surface area (Å²) in [4.78, 5) is 36.0. The van der Waals surface area contributed by atoms with Crippen molar-refractivity contribution in [3.63, 3.8) is 0 Å². The maximum absolute atomic E-state index is 9.00. The number of aliphatic carboxylic acids is 4. The van der Waals surface area contributed by atoms with Gasteiger partial charge in [0, 0.05) is 140 Å². The predicted octanol–water partition coefficient (Wildman–Crippen LogP) is -1.65. The minimum Gasteiger partial charge on any atom is 0 e. The van der Waals surface area contributed by atoms with Crippen molar-refractivity contribution in [1.82, 2.24) is 0 Å². The minimum absolute atomic E-state index is 0. The zero-order valence-corrected chi connectivity index (χ0v) is 20.0. The molecule has 0 aromatic heterocycles. The van der Waals surface area contributed by atoms with Crippen LogP contribution in [-0.2, 0) is 36.0 Å². The van der Waals surface area contributed by atoms with Crippen LogP contribution in [0.4, 0.5) is 0 Å². The van der Waals surface area contributed by atoms with Gasteiger partial charge in [-0.05, 0) is 0 Å². The second-order valence-electron chi connectivity index (χ2n) is 2.65. The summed E-state index contributed by atoms with van der Waals surface area (Å²) in [7, 11) is 0. The summed E-state index contributed by atoms with van der Waals surface area (Å²) < 4.78 is 0. The quantitative estimate of drug-likeness (QED) is 0.173. The van der Waals surface area contributed by atoms with Crippen molar-refractivity contribution in [2.24, 2.45) is 11.5 Å². The molecule has 8 N–H and O–H groups in total. The molecule has 0 heterocycles. The first-order valence-electron chi connectivity index (χ1n) is 5.03. The molecule has 145 valence electrons. The molecule has 0 bridgehead atoms. The van der Waals surface area contributed by atoms with E-state index in [2.05, 4.69) is 0 Å². The second-order valence-corrected chi connectivity index (χ2v) is 2.65. The molecule has 0 saturated heterocycles. The second kappa shape index (κ2) is 56.2. The van der Waals surface area contributed by atoms with Gasteiger partial charge >= 0.3 is 37.7 Å². The smallest absolute Gasteiger partial charge is 0 e. The van der Waals surface area contributed by atoms with E-state index in [0.29, 0.717) is 13.1 Å². The van der Waals surface area contributed by atoms with E-state index in [4.69, 9.17) is 51.1 Å². The van der Waals surface area contributed by atoms with Crippen LogP contribution < -0.4 is 11.5 Å². The summed E-state index contributed by atoms with van der Waals surface area (Å²) in [5, 5.41) is 29.7. The van der Waals surface area contributed by atoms with E-state index >= 15 is 0 Å². The van der Waals surface area contributed by atoms with Gasteiger partial charge in [-0.1, -0.05) is 0 Å². The Kier molecular flexibility index (Phi) is 132. The molecule has 24 heavy (non-hydrogen) atoms. The Labute approximate surface area is 247 Å². The monoisotopic (exact) mass is 693 g/mol. The molecule has 0 fully saturated rings. The van der Waals surface area contributed by atoms with Gasteiger partial charge in [-0.25, -0.2) is 0 Å². The van der Waals surface area contributed by atoms with Gasteiger partial charge in [0.25, 0.3) is 23.9 Å². The Morgan fingerprint density at radius 1 is 0.667 bits per heavy atom. The van der Waals surface area contributed by atoms with Gasteiger partial charge in [0.1, 0.15) is 0 Å². The summed E-state index contributed by atoms with van der Waals surface area (Å²) in [6.07, 6.45) is 0. The van der Waals surface area contributed by atoms with Crippen molar-refractivity contribution in [3.8, 4) is 0 Å². The first-order valence-corrected chi connectivity index (χ1v) is 5.03. The maximum Gasteiger partial charge on any atom is 0 e. The van der Waals surface area contributed by atoms with Gasteiger partial charge in [-0.15, -0.1) is 0 Å². The van der Waals surface area contributed by atoms with Crippen LogP contribution in [0.5, 0.6) is 0 Å². The van der Waals surface area contributed by atoms with Gasteiger partial charge in [-0.2, -0.15) is 0 Å². The van der Waals surface area contributed by atoms with Gasteiger partial charge in [0.05, 0.1) is 0 Å². The third-order valence-corrected chi connectivity index (χ3v) is 0.167. The molecule has 0 aromatic rings. The van der Waals surface area contributed by atoms with Gasteiger partial charge < -0.3 is 31.9 Å². The summed E-state index contributed by atoms with van der Waals surface area (Å²) >= 11 is 0. The van der Waals surface area contributed by atoms with Crippen molar-refractivity contribution in [3.05, 3.63) is 0 Å². The average molecular weight is 692 g/mol. The zero-order valence-electron chi connectivity index (χ0n) is 13.2. The van der Waals surface area contributed by atoms with Crippen molar-refractivity contribution < 1.29 is 139 Å². The molecule has 0 aliphatic carbocycles. The fourth-order valence-corrected chi connectivity index (χ4v) is 0. The summed E-state index contributed by atoms with van der Waals surface area (Å²) in [5.41, 5.74) is 9.81. The van der Waals surface area contributed by atoms with Gasteiger partial charge in [0.2, 0.25) is 0 Å². The molecule has 0 aromatic carbocycles. The average Bonchev–Trinajstić information content (AvgIpc) is 2.13. The third kappa shape index (κ3) is 1220. The van der Waals surface area contributed by atoms with Crippen LogP contribution in [0.1, 0.15) is 27.7 Å². The van der Waals surface area contributed by atoms with E-state index in [1.807, 2.05) is 0 Å². The van der Waals surface area contributed by atoms with Crippen LogP contribution in [0, 0.1) is 82.1 Å². The largest absolute Gasteiger partial charge is 0 e. The molecule has 0 rings (SSSR count). The molecule has 0 spiro atoms. The molecular weight excluding hydrogens is 666 g/mol. The Bertz CT molecular complexity index is 213. The van der Waals surface area contributed by atoms with Crippen LogP contribution in [0.25, 0.3) is 0 Å². The van der Waals surface area contributed by atoms with E-state index < -0.39 is 23.9 Å². The van der Waals surface area contributed by atoms with E-state index in [0.717, 1.165) is 27.7 Å². The molecule has 0 amide bonds. The van der Waals surface area contributed by atoms with E-state index in [9.17, 15) is 0 Å². The number of hydrogen-bond acceptors (Lipinski definition) is 6. The zero-order chi connectivity index (χ0) is 17.7. The SMILES string of the molecule is CC(=O)O.CC(=O)O.CC(=O)O.CC(=O)O.NCCN.[CaH2].[Ce].[Co].[Sm].